The molecule has 5 nitrogen and oxygen atoms in total. The molecular formula is C9H11N5. The van der Waals surface area contributed by atoms with Gasteiger partial charge in [-0.15, -0.1) is 0 Å². The van der Waals surface area contributed by atoms with Crippen LogP contribution in [0.5, 0.6) is 0 Å². The molecule has 0 aromatic carbocycles. The maximum Gasteiger partial charge on any atom is 0.120 e. The van der Waals surface area contributed by atoms with E-state index in [1.54, 1.807) is 18.6 Å². The zero-order valence-electron chi connectivity index (χ0n) is 7.64. The highest BCUT2D eigenvalue weighted by molar-refractivity contribution is 5.01. The Morgan fingerprint density at radius 2 is 2.07 bits per heavy atom. The van der Waals surface area contributed by atoms with Crippen molar-refractivity contribution in [2.24, 2.45) is 0 Å². The lowest BCUT2D eigenvalue weighted by Crippen LogP contribution is -2.13. The van der Waals surface area contributed by atoms with Crippen LogP contribution in [0.25, 0.3) is 0 Å². The summed E-state index contributed by atoms with van der Waals surface area (Å²) in [6.07, 6.45) is 8.66. The third-order valence-corrected chi connectivity index (χ3v) is 1.79. The van der Waals surface area contributed by atoms with Crippen LogP contribution in [-0.2, 0) is 13.1 Å². The quantitative estimate of drug-likeness (QED) is 0.734. The number of hydrogen-bond donors (Lipinski definition) is 2. The molecule has 0 spiro atoms. The van der Waals surface area contributed by atoms with Crippen LogP contribution in [0.3, 0.4) is 0 Å². The number of rotatable bonds is 4. The van der Waals surface area contributed by atoms with Gasteiger partial charge in [0.1, 0.15) is 12.2 Å². The molecule has 0 amide bonds. The molecule has 0 aliphatic carbocycles. The minimum absolute atomic E-state index is 0.724. The molecule has 2 rings (SSSR count). The number of imidazole rings is 1. The average molecular weight is 189 g/mol. The second kappa shape index (κ2) is 4.48. The van der Waals surface area contributed by atoms with Crippen molar-refractivity contribution >= 4 is 0 Å². The Kier molecular flexibility index (Phi) is 2.82. The van der Waals surface area contributed by atoms with E-state index in [2.05, 4.69) is 25.3 Å². The first-order chi connectivity index (χ1) is 6.95. The molecule has 14 heavy (non-hydrogen) atoms. The van der Waals surface area contributed by atoms with E-state index in [1.165, 1.54) is 6.33 Å². The monoisotopic (exact) mass is 189 g/mol. The SMILES string of the molecule is c1ncc(CNCc2ncc[nH]2)cn1. The van der Waals surface area contributed by atoms with E-state index in [0.29, 0.717) is 0 Å². The van der Waals surface area contributed by atoms with E-state index in [4.69, 9.17) is 0 Å². The van der Waals surface area contributed by atoms with Crippen LogP contribution < -0.4 is 5.32 Å². The highest BCUT2D eigenvalue weighted by atomic mass is 15.0. The van der Waals surface area contributed by atoms with Crippen molar-refractivity contribution in [2.75, 3.05) is 0 Å². The zero-order chi connectivity index (χ0) is 9.64. The van der Waals surface area contributed by atoms with Gasteiger partial charge in [-0.25, -0.2) is 15.0 Å². The first-order valence-electron chi connectivity index (χ1n) is 4.38. The summed E-state index contributed by atoms with van der Waals surface area (Å²) in [6, 6.07) is 0. The molecule has 0 saturated carbocycles. The summed E-state index contributed by atoms with van der Waals surface area (Å²) in [4.78, 5) is 15.0. The number of hydrogen-bond acceptors (Lipinski definition) is 4. The van der Waals surface area contributed by atoms with Crippen LogP contribution in [0.15, 0.2) is 31.1 Å². The summed E-state index contributed by atoms with van der Waals surface area (Å²) >= 11 is 0. The number of aromatic nitrogens is 4. The first-order valence-corrected chi connectivity index (χ1v) is 4.38. The predicted molar refractivity (Wildman–Crippen MR) is 51.2 cm³/mol. The third kappa shape index (κ3) is 2.37. The summed E-state index contributed by atoms with van der Waals surface area (Å²) in [5, 5.41) is 3.23. The first kappa shape index (κ1) is 8.83. The standard InChI is InChI=1S/C9H11N5/c1-2-14-9(13-1)6-10-3-8-4-11-7-12-5-8/h1-2,4-5,7,10H,3,6H2,(H,13,14). The lowest BCUT2D eigenvalue weighted by atomic mass is 10.3. The maximum absolute atomic E-state index is 4.10. The van der Waals surface area contributed by atoms with Gasteiger partial charge in [-0.3, -0.25) is 0 Å². The predicted octanol–water partition coefficient (Wildman–Crippen LogP) is 0.489. The van der Waals surface area contributed by atoms with Crippen LogP contribution in [0.4, 0.5) is 0 Å². The fourth-order valence-corrected chi connectivity index (χ4v) is 1.14. The zero-order valence-corrected chi connectivity index (χ0v) is 7.64. The van der Waals surface area contributed by atoms with Crippen LogP contribution in [0.1, 0.15) is 11.4 Å². The molecule has 2 aromatic rings. The molecule has 0 aliphatic rings. The molecule has 0 saturated heterocycles. The Balaban J connectivity index is 1.79. The van der Waals surface area contributed by atoms with Gasteiger partial charge in [-0.1, -0.05) is 0 Å². The van der Waals surface area contributed by atoms with E-state index in [9.17, 15) is 0 Å². The molecule has 0 aliphatic heterocycles. The Labute approximate surface area is 81.6 Å². The highest BCUT2D eigenvalue weighted by Crippen LogP contribution is 1.93. The maximum atomic E-state index is 4.10. The summed E-state index contributed by atoms with van der Waals surface area (Å²) in [7, 11) is 0. The van der Waals surface area contributed by atoms with Gasteiger partial charge < -0.3 is 10.3 Å². The van der Waals surface area contributed by atoms with Crippen molar-refractivity contribution in [3.05, 3.63) is 42.5 Å². The minimum Gasteiger partial charge on any atom is -0.348 e. The van der Waals surface area contributed by atoms with Gasteiger partial charge in [0.15, 0.2) is 0 Å². The summed E-state index contributed by atoms with van der Waals surface area (Å²) in [6.45, 7) is 1.48. The number of nitrogens with one attached hydrogen (secondary N) is 2. The number of nitrogens with zero attached hydrogens (tertiary/aromatic N) is 3. The molecule has 2 heterocycles. The molecule has 0 unspecified atom stereocenters. The second-order valence-electron chi connectivity index (χ2n) is 2.89. The molecule has 2 N–H and O–H groups in total. The van der Waals surface area contributed by atoms with E-state index in [-0.39, 0.29) is 0 Å². The molecule has 0 fully saturated rings. The summed E-state index contributed by atoms with van der Waals surface area (Å²) < 4.78 is 0. The Morgan fingerprint density at radius 3 is 2.79 bits per heavy atom. The Hall–Kier alpha value is -1.75. The number of H-pyrrole nitrogens is 1. The van der Waals surface area contributed by atoms with Crippen LogP contribution in [0, 0.1) is 0 Å². The van der Waals surface area contributed by atoms with E-state index < -0.39 is 0 Å². The third-order valence-electron chi connectivity index (χ3n) is 1.79. The molecule has 0 radical (unpaired) electrons. The largest absolute Gasteiger partial charge is 0.348 e. The molecule has 2 aromatic heterocycles. The van der Waals surface area contributed by atoms with Crippen LogP contribution in [-0.4, -0.2) is 19.9 Å². The smallest absolute Gasteiger partial charge is 0.120 e. The van der Waals surface area contributed by atoms with Gasteiger partial charge in [0.25, 0.3) is 0 Å². The van der Waals surface area contributed by atoms with Gasteiger partial charge in [0, 0.05) is 36.9 Å². The van der Waals surface area contributed by atoms with E-state index in [1.807, 2.05) is 6.20 Å². The van der Waals surface area contributed by atoms with Gasteiger partial charge in [-0.05, 0) is 0 Å². The van der Waals surface area contributed by atoms with Gasteiger partial charge in [0.05, 0.1) is 6.54 Å². The van der Waals surface area contributed by atoms with Gasteiger partial charge in [-0.2, -0.15) is 0 Å². The van der Waals surface area contributed by atoms with Crippen molar-refractivity contribution in [2.45, 2.75) is 13.1 Å². The van der Waals surface area contributed by atoms with Crippen LogP contribution >= 0.6 is 0 Å². The molecule has 5 heteroatoms. The average Bonchev–Trinajstić information content (AvgIpc) is 2.72. The van der Waals surface area contributed by atoms with E-state index in [0.717, 1.165) is 24.5 Å². The van der Waals surface area contributed by atoms with Gasteiger partial charge in [0.2, 0.25) is 0 Å². The fourth-order valence-electron chi connectivity index (χ4n) is 1.14. The minimum atomic E-state index is 0.724. The lowest BCUT2D eigenvalue weighted by molar-refractivity contribution is 0.665. The van der Waals surface area contributed by atoms with Crippen molar-refractivity contribution in [1.82, 2.24) is 25.3 Å². The highest BCUT2D eigenvalue weighted by Gasteiger charge is 1.94. The van der Waals surface area contributed by atoms with E-state index >= 15 is 0 Å². The summed E-state index contributed by atoms with van der Waals surface area (Å²) in [5.41, 5.74) is 1.07. The fraction of sp³-hybridized carbons (Fsp3) is 0.222. The van der Waals surface area contributed by atoms with Crippen molar-refractivity contribution in [1.29, 1.82) is 0 Å². The van der Waals surface area contributed by atoms with Crippen molar-refractivity contribution in [3.63, 3.8) is 0 Å². The summed E-state index contributed by atoms with van der Waals surface area (Å²) in [5.74, 6) is 0.932. The van der Waals surface area contributed by atoms with Gasteiger partial charge >= 0.3 is 0 Å². The topological polar surface area (TPSA) is 66.5 Å². The normalized spacial score (nSPS) is 10.3. The van der Waals surface area contributed by atoms with Crippen molar-refractivity contribution < 1.29 is 0 Å². The molecule has 72 valence electrons. The molecule has 0 bridgehead atoms. The molecular weight excluding hydrogens is 178 g/mol. The Bertz CT molecular complexity index is 356. The lowest BCUT2D eigenvalue weighted by Gasteiger charge is -2.01. The number of aromatic amines is 1. The van der Waals surface area contributed by atoms with Crippen LogP contribution in [0.2, 0.25) is 0 Å². The van der Waals surface area contributed by atoms with Crippen molar-refractivity contribution in [3.8, 4) is 0 Å². The Morgan fingerprint density at radius 1 is 1.21 bits per heavy atom. The molecule has 0 atom stereocenters. The second-order valence-corrected chi connectivity index (χ2v) is 2.89.